The number of rotatable bonds is 3. The average Bonchev–Trinajstić information content (AvgIpc) is 2.40. The molecule has 0 aliphatic carbocycles. The molecule has 0 saturated carbocycles. The second-order valence-electron chi connectivity index (χ2n) is 3.83. The van der Waals surface area contributed by atoms with E-state index in [-0.39, 0.29) is 0 Å². The Morgan fingerprint density at radius 1 is 0.944 bits per heavy atom. The fourth-order valence-electron chi connectivity index (χ4n) is 1.65. The van der Waals surface area contributed by atoms with Crippen LogP contribution in [0.1, 0.15) is 5.56 Å². The van der Waals surface area contributed by atoms with Gasteiger partial charge in [-0.1, -0.05) is 48.5 Å². The lowest BCUT2D eigenvalue weighted by atomic mass is 10.0. The van der Waals surface area contributed by atoms with E-state index in [0.29, 0.717) is 5.56 Å². The Labute approximate surface area is 103 Å². The van der Waals surface area contributed by atoms with Crippen molar-refractivity contribution in [2.75, 3.05) is 0 Å². The third-order valence-corrected chi connectivity index (χ3v) is 2.60. The van der Waals surface area contributed by atoms with Crippen LogP contribution in [0.4, 0.5) is 8.78 Å². The number of hydrogen-bond donors (Lipinski definition) is 1. The molecule has 0 aliphatic rings. The monoisotopic (exact) mass is 248 g/mol. The molecule has 2 aromatic carbocycles. The lowest BCUT2D eigenvalue weighted by molar-refractivity contribution is -0.166. The van der Waals surface area contributed by atoms with Gasteiger partial charge in [-0.15, -0.1) is 0 Å². The molecule has 0 unspecified atom stereocenters. The van der Waals surface area contributed by atoms with E-state index in [0.717, 1.165) is 11.6 Å². The summed E-state index contributed by atoms with van der Waals surface area (Å²) in [4.78, 5) is 10.5. The van der Waals surface area contributed by atoms with Crippen molar-refractivity contribution >= 4 is 5.97 Å². The summed E-state index contributed by atoms with van der Waals surface area (Å²) in [5.41, 5.74) is 0.811. The predicted octanol–water partition coefficient (Wildman–Crippen LogP) is 3.53. The molecule has 2 aromatic rings. The van der Waals surface area contributed by atoms with Crippen LogP contribution in [-0.2, 0) is 10.7 Å². The van der Waals surface area contributed by atoms with Gasteiger partial charge in [0, 0.05) is 5.56 Å². The molecule has 0 saturated heterocycles. The first-order valence-corrected chi connectivity index (χ1v) is 5.29. The molecule has 4 heteroatoms. The highest BCUT2D eigenvalue weighted by atomic mass is 19.3. The highest BCUT2D eigenvalue weighted by Crippen LogP contribution is 2.31. The largest absolute Gasteiger partial charge is 0.477 e. The van der Waals surface area contributed by atoms with Crippen molar-refractivity contribution < 1.29 is 18.7 Å². The van der Waals surface area contributed by atoms with Crippen molar-refractivity contribution in [2.45, 2.75) is 5.92 Å². The quantitative estimate of drug-likeness (QED) is 0.902. The Kier molecular flexibility index (Phi) is 3.10. The highest BCUT2D eigenvalue weighted by Gasteiger charge is 2.40. The van der Waals surface area contributed by atoms with E-state index in [4.69, 9.17) is 5.11 Å². The fraction of sp³-hybridized carbons (Fsp3) is 0.0714. The van der Waals surface area contributed by atoms with E-state index in [1.165, 1.54) is 12.1 Å². The number of alkyl halides is 2. The molecular weight excluding hydrogens is 238 g/mol. The van der Waals surface area contributed by atoms with Gasteiger partial charge in [-0.05, 0) is 17.2 Å². The van der Waals surface area contributed by atoms with E-state index in [1.54, 1.807) is 30.3 Å². The van der Waals surface area contributed by atoms with Crippen molar-refractivity contribution in [1.29, 1.82) is 0 Å². The minimum absolute atomic E-state index is 0.517. The predicted molar refractivity (Wildman–Crippen MR) is 63.4 cm³/mol. The standard InChI is InChI=1S/C14H10F2O2/c15-14(16,13(17)18)12-8-4-7-11(9-12)10-5-2-1-3-6-10/h1-9H,(H,17,18). The van der Waals surface area contributed by atoms with Gasteiger partial charge in [-0.2, -0.15) is 8.78 Å². The van der Waals surface area contributed by atoms with E-state index in [9.17, 15) is 13.6 Å². The van der Waals surface area contributed by atoms with Crippen LogP contribution in [0.15, 0.2) is 54.6 Å². The van der Waals surface area contributed by atoms with Gasteiger partial charge in [0.2, 0.25) is 0 Å². The third-order valence-electron chi connectivity index (χ3n) is 2.60. The zero-order chi connectivity index (χ0) is 13.2. The molecule has 0 fully saturated rings. The van der Waals surface area contributed by atoms with Crippen LogP contribution in [0, 0.1) is 0 Å². The molecule has 1 N–H and O–H groups in total. The van der Waals surface area contributed by atoms with Gasteiger partial charge in [0.1, 0.15) is 0 Å². The summed E-state index contributed by atoms with van der Waals surface area (Å²) < 4.78 is 26.7. The Morgan fingerprint density at radius 2 is 1.56 bits per heavy atom. The van der Waals surface area contributed by atoms with E-state index in [1.807, 2.05) is 6.07 Å². The SMILES string of the molecule is O=C(O)C(F)(F)c1cccc(-c2ccccc2)c1. The molecule has 0 bridgehead atoms. The van der Waals surface area contributed by atoms with E-state index in [2.05, 4.69) is 0 Å². The van der Waals surface area contributed by atoms with Crippen LogP contribution in [0.3, 0.4) is 0 Å². The topological polar surface area (TPSA) is 37.3 Å². The van der Waals surface area contributed by atoms with E-state index < -0.39 is 17.5 Å². The molecular formula is C14H10F2O2. The summed E-state index contributed by atoms with van der Waals surface area (Å²) in [6, 6.07) is 14.3. The van der Waals surface area contributed by atoms with Gasteiger partial charge in [0.05, 0.1) is 0 Å². The number of halogens is 2. The molecule has 2 nitrogen and oxygen atoms in total. The van der Waals surface area contributed by atoms with Crippen LogP contribution in [0.5, 0.6) is 0 Å². The van der Waals surface area contributed by atoms with Crippen LogP contribution in [-0.4, -0.2) is 11.1 Å². The number of carbonyl (C=O) groups is 1. The molecule has 0 spiro atoms. The Balaban J connectivity index is 2.46. The van der Waals surface area contributed by atoms with E-state index >= 15 is 0 Å². The highest BCUT2D eigenvalue weighted by molar-refractivity contribution is 5.78. The van der Waals surface area contributed by atoms with Crippen molar-refractivity contribution in [1.82, 2.24) is 0 Å². The van der Waals surface area contributed by atoms with Crippen molar-refractivity contribution in [3.8, 4) is 11.1 Å². The van der Waals surface area contributed by atoms with Crippen LogP contribution in [0.25, 0.3) is 11.1 Å². The van der Waals surface area contributed by atoms with Crippen molar-refractivity contribution in [3.05, 3.63) is 60.2 Å². The molecule has 0 radical (unpaired) electrons. The lowest BCUT2D eigenvalue weighted by Crippen LogP contribution is -2.25. The maximum absolute atomic E-state index is 13.4. The summed E-state index contributed by atoms with van der Waals surface area (Å²) >= 11 is 0. The maximum Gasteiger partial charge on any atom is 0.379 e. The molecule has 0 aliphatic heterocycles. The normalized spacial score (nSPS) is 11.2. The number of hydrogen-bond acceptors (Lipinski definition) is 1. The maximum atomic E-state index is 13.4. The zero-order valence-corrected chi connectivity index (χ0v) is 9.31. The number of carboxylic acid groups (broad SMARTS) is 1. The van der Waals surface area contributed by atoms with Gasteiger partial charge in [-0.25, -0.2) is 4.79 Å². The molecule has 18 heavy (non-hydrogen) atoms. The van der Waals surface area contributed by atoms with Gasteiger partial charge in [0.15, 0.2) is 0 Å². The van der Waals surface area contributed by atoms with Crippen LogP contribution < -0.4 is 0 Å². The summed E-state index contributed by atoms with van der Waals surface area (Å²) in [7, 11) is 0. The van der Waals surface area contributed by atoms with Crippen LogP contribution in [0.2, 0.25) is 0 Å². The van der Waals surface area contributed by atoms with Gasteiger partial charge in [-0.3, -0.25) is 0 Å². The van der Waals surface area contributed by atoms with Crippen LogP contribution >= 0.6 is 0 Å². The summed E-state index contributed by atoms with van der Waals surface area (Å²) in [5.74, 6) is -6.02. The number of aliphatic carboxylic acids is 1. The summed E-state index contributed by atoms with van der Waals surface area (Å²) in [5, 5.41) is 8.51. The summed E-state index contributed by atoms with van der Waals surface area (Å²) in [6.07, 6.45) is 0. The third kappa shape index (κ3) is 2.22. The fourth-order valence-corrected chi connectivity index (χ4v) is 1.65. The molecule has 2 rings (SSSR count). The van der Waals surface area contributed by atoms with Gasteiger partial charge < -0.3 is 5.11 Å². The first-order chi connectivity index (χ1) is 8.51. The van der Waals surface area contributed by atoms with Gasteiger partial charge >= 0.3 is 11.9 Å². The van der Waals surface area contributed by atoms with Crippen molar-refractivity contribution in [2.24, 2.45) is 0 Å². The first kappa shape index (κ1) is 12.2. The minimum atomic E-state index is -3.87. The second-order valence-corrected chi connectivity index (χ2v) is 3.83. The lowest BCUT2D eigenvalue weighted by Gasteiger charge is -2.12. The average molecular weight is 248 g/mol. The minimum Gasteiger partial charge on any atom is -0.477 e. The second kappa shape index (κ2) is 4.56. The molecule has 0 atom stereocenters. The smallest absolute Gasteiger partial charge is 0.379 e. The molecule has 0 amide bonds. The first-order valence-electron chi connectivity index (χ1n) is 5.29. The van der Waals surface area contributed by atoms with Gasteiger partial charge in [0.25, 0.3) is 0 Å². The Hall–Kier alpha value is -2.23. The number of carboxylic acids is 1. The molecule has 0 aromatic heterocycles. The molecule has 0 heterocycles. The Morgan fingerprint density at radius 3 is 2.17 bits per heavy atom. The Bertz CT molecular complexity index is 565. The number of benzene rings is 2. The zero-order valence-electron chi connectivity index (χ0n) is 9.31. The summed E-state index contributed by atoms with van der Waals surface area (Å²) in [6.45, 7) is 0. The van der Waals surface area contributed by atoms with Crippen molar-refractivity contribution in [3.63, 3.8) is 0 Å². The molecule has 92 valence electrons.